The molecule has 0 spiro atoms. The predicted octanol–water partition coefficient (Wildman–Crippen LogP) is 2.43. The fourth-order valence-corrected chi connectivity index (χ4v) is 3.04. The molecule has 2 fully saturated rings. The smallest absolute Gasteiger partial charge is 0.0153 e. The van der Waals surface area contributed by atoms with Crippen LogP contribution in [0.15, 0.2) is 0 Å². The van der Waals surface area contributed by atoms with Gasteiger partial charge in [-0.15, -0.1) is 0 Å². The molecule has 0 atom stereocenters. The molecule has 88 valence electrons. The van der Waals surface area contributed by atoms with Crippen molar-refractivity contribution in [3.05, 3.63) is 0 Å². The molecule has 2 nitrogen and oxygen atoms in total. The molecule has 2 rings (SSSR count). The Balaban J connectivity index is 1.80. The third-order valence-corrected chi connectivity index (χ3v) is 4.69. The van der Waals surface area contributed by atoms with Crippen molar-refractivity contribution in [1.29, 1.82) is 0 Å². The first kappa shape index (κ1) is 11.4. The van der Waals surface area contributed by atoms with E-state index in [1.807, 2.05) is 0 Å². The zero-order valence-electron chi connectivity index (χ0n) is 10.1. The van der Waals surface area contributed by atoms with Crippen molar-refractivity contribution in [3.8, 4) is 0 Å². The minimum atomic E-state index is 0.413. The highest BCUT2D eigenvalue weighted by Crippen LogP contribution is 2.40. The molecule has 2 aliphatic carbocycles. The molecule has 0 aromatic rings. The summed E-state index contributed by atoms with van der Waals surface area (Å²) in [6.07, 6.45) is 11.0. The van der Waals surface area contributed by atoms with Crippen molar-refractivity contribution in [2.45, 2.75) is 63.8 Å². The number of nitrogens with two attached hydrogens (primary N) is 1. The Morgan fingerprint density at radius 3 is 2.13 bits per heavy atom. The lowest BCUT2D eigenvalue weighted by molar-refractivity contribution is 0.114. The van der Waals surface area contributed by atoms with Gasteiger partial charge in [0.05, 0.1) is 0 Å². The normalized spacial score (nSPS) is 28.4. The lowest BCUT2D eigenvalue weighted by atomic mass is 9.68. The van der Waals surface area contributed by atoms with Crippen LogP contribution in [0.1, 0.15) is 58.3 Å². The Bertz CT molecular complexity index is 197. The standard InChI is InChI=1S/C13H26N2/c1-12(6-3-2-4-7-12)15-11-13(10-14)8-5-9-13/h15H,2-11,14H2,1H3. The first-order chi connectivity index (χ1) is 7.18. The highest BCUT2D eigenvalue weighted by molar-refractivity contribution is 4.94. The number of rotatable bonds is 4. The minimum Gasteiger partial charge on any atom is -0.330 e. The maximum absolute atomic E-state index is 5.89. The molecular weight excluding hydrogens is 184 g/mol. The summed E-state index contributed by atoms with van der Waals surface area (Å²) in [5.41, 5.74) is 6.76. The van der Waals surface area contributed by atoms with E-state index in [0.29, 0.717) is 11.0 Å². The van der Waals surface area contributed by atoms with Crippen LogP contribution >= 0.6 is 0 Å². The third kappa shape index (κ3) is 2.54. The van der Waals surface area contributed by atoms with Crippen molar-refractivity contribution in [3.63, 3.8) is 0 Å². The molecule has 0 unspecified atom stereocenters. The zero-order chi connectivity index (χ0) is 10.8. The summed E-state index contributed by atoms with van der Waals surface area (Å²) in [5.74, 6) is 0. The van der Waals surface area contributed by atoms with E-state index in [-0.39, 0.29) is 0 Å². The summed E-state index contributed by atoms with van der Waals surface area (Å²) in [7, 11) is 0. The van der Waals surface area contributed by atoms with Gasteiger partial charge in [0.1, 0.15) is 0 Å². The largest absolute Gasteiger partial charge is 0.330 e. The Morgan fingerprint density at radius 1 is 1.00 bits per heavy atom. The van der Waals surface area contributed by atoms with Crippen LogP contribution in [-0.2, 0) is 0 Å². The van der Waals surface area contributed by atoms with E-state index < -0.39 is 0 Å². The summed E-state index contributed by atoms with van der Waals surface area (Å²) < 4.78 is 0. The second-order valence-electron chi connectivity index (χ2n) is 6.03. The van der Waals surface area contributed by atoms with Crippen LogP contribution in [0.25, 0.3) is 0 Å². The average molecular weight is 210 g/mol. The van der Waals surface area contributed by atoms with Gasteiger partial charge in [-0.25, -0.2) is 0 Å². The Morgan fingerprint density at radius 2 is 1.67 bits per heavy atom. The molecule has 0 radical (unpaired) electrons. The van der Waals surface area contributed by atoms with Gasteiger partial charge in [0, 0.05) is 12.1 Å². The van der Waals surface area contributed by atoms with Crippen LogP contribution in [0.2, 0.25) is 0 Å². The summed E-state index contributed by atoms with van der Waals surface area (Å²) in [6, 6.07) is 0. The Hall–Kier alpha value is -0.0800. The van der Waals surface area contributed by atoms with Crippen LogP contribution in [0.5, 0.6) is 0 Å². The van der Waals surface area contributed by atoms with Crippen molar-refractivity contribution >= 4 is 0 Å². The molecule has 0 saturated heterocycles. The zero-order valence-corrected chi connectivity index (χ0v) is 10.1. The second kappa shape index (κ2) is 4.42. The van der Waals surface area contributed by atoms with Crippen molar-refractivity contribution < 1.29 is 0 Å². The van der Waals surface area contributed by atoms with Crippen LogP contribution < -0.4 is 11.1 Å². The highest BCUT2D eigenvalue weighted by atomic mass is 15.0. The molecule has 0 aliphatic heterocycles. The number of hydrogen-bond acceptors (Lipinski definition) is 2. The SMILES string of the molecule is CC1(NCC2(CN)CCC2)CCCCC1. The summed E-state index contributed by atoms with van der Waals surface area (Å²) in [4.78, 5) is 0. The number of nitrogens with one attached hydrogen (secondary N) is 1. The van der Waals surface area contributed by atoms with Crippen molar-refractivity contribution in [1.82, 2.24) is 5.32 Å². The van der Waals surface area contributed by atoms with Gasteiger partial charge in [-0.3, -0.25) is 0 Å². The lowest BCUT2D eigenvalue weighted by Gasteiger charge is -2.45. The topological polar surface area (TPSA) is 38.0 Å². The van der Waals surface area contributed by atoms with Crippen molar-refractivity contribution in [2.24, 2.45) is 11.1 Å². The molecule has 0 aromatic carbocycles. The van der Waals surface area contributed by atoms with Gasteiger partial charge >= 0.3 is 0 Å². The second-order valence-corrected chi connectivity index (χ2v) is 6.03. The molecule has 2 heteroatoms. The summed E-state index contributed by atoms with van der Waals surface area (Å²) >= 11 is 0. The van der Waals surface area contributed by atoms with E-state index in [1.165, 1.54) is 51.4 Å². The fraction of sp³-hybridized carbons (Fsp3) is 1.00. The Labute approximate surface area is 94.0 Å². The van der Waals surface area contributed by atoms with E-state index in [0.717, 1.165) is 13.1 Å². The van der Waals surface area contributed by atoms with Crippen LogP contribution in [-0.4, -0.2) is 18.6 Å². The summed E-state index contributed by atoms with van der Waals surface area (Å²) in [5, 5.41) is 3.81. The molecule has 0 amide bonds. The van der Waals surface area contributed by atoms with E-state index in [1.54, 1.807) is 0 Å². The predicted molar refractivity (Wildman–Crippen MR) is 64.8 cm³/mol. The van der Waals surface area contributed by atoms with Gasteiger partial charge in [-0.2, -0.15) is 0 Å². The molecule has 0 bridgehead atoms. The molecule has 3 N–H and O–H groups in total. The highest BCUT2D eigenvalue weighted by Gasteiger charge is 2.37. The quantitative estimate of drug-likeness (QED) is 0.748. The van der Waals surface area contributed by atoms with Crippen LogP contribution in [0.4, 0.5) is 0 Å². The molecular formula is C13H26N2. The molecule has 0 aromatic heterocycles. The van der Waals surface area contributed by atoms with Gasteiger partial charge in [0.25, 0.3) is 0 Å². The van der Waals surface area contributed by atoms with E-state index >= 15 is 0 Å². The van der Waals surface area contributed by atoms with E-state index in [9.17, 15) is 0 Å². The number of hydrogen-bond donors (Lipinski definition) is 2. The van der Waals surface area contributed by atoms with Crippen LogP contribution in [0, 0.1) is 5.41 Å². The van der Waals surface area contributed by atoms with Crippen molar-refractivity contribution in [2.75, 3.05) is 13.1 Å². The maximum Gasteiger partial charge on any atom is 0.0153 e. The molecule has 2 saturated carbocycles. The Kier molecular flexibility index (Phi) is 3.36. The average Bonchev–Trinajstić information content (AvgIpc) is 2.18. The van der Waals surface area contributed by atoms with Gasteiger partial charge in [-0.05, 0) is 44.6 Å². The summed E-state index contributed by atoms with van der Waals surface area (Å²) in [6.45, 7) is 4.42. The molecule has 2 aliphatic rings. The van der Waals surface area contributed by atoms with Gasteiger partial charge in [0.2, 0.25) is 0 Å². The first-order valence-corrected chi connectivity index (χ1v) is 6.63. The van der Waals surface area contributed by atoms with Gasteiger partial charge in [-0.1, -0.05) is 25.7 Å². The minimum absolute atomic E-state index is 0.413. The van der Waals surface area contributed by atoms with E-state index in [2.05, 4.69) is 12.2 Å². The monoisotopic (exact) mass is 210 g/mol. The molecule has 15 heavy (non-hydrogen) atoms. The third-order valence-electron chi connectivity index (χ3n) is 4.69. The fourth-order valence-electron chi connectivity index (χ4n) is 3.04. The first-order valence-electron chi connectivity index (χ1n) is 6.63. The van der Waals surface area contributed by atoms with E-state index in [4.69, 9.17) is 5.73 Å². The van der Waals surface area contributed by atoms with Gasteiger partial charge in [0.15, 0.2) is 0 Å². The van der Waals surface area contributed by atoms with Gasteiger partial charge < -0.3 is 11.1 Å². The lowest BCUT2D eigenvalue weighted by Crippen LogP contribution is -2.53. The van der Waals surface area contributed by atoms with Crippen LogP contribution in [0.3, 0.4) is 0 Å². The maximum atomic E-state index is 5.89. The molecule has 0 heterocycles.